The molecular weight excluding hydrogens is 294 g/mol. The van der Waals surface area contributed by atoms with Crippen LogP contribution < -0.4 is 10.2 Å². The first-order valence-corrected chi connectivity index (χ1v) is 6.29. The fourth-order valence-corrected chi connectivity index (χ4v) is 1.75. The topological polar surface area (TPSA) is 83.8 Å². The van der Waals surface area contributed by atoms with Crippen molar-refractivity contribution in [2.45, 2.75) is 0 Å². The number of rotatable bonds is 4. The van der Waals surface area contributed by atoms with Gasteiger partial charge in [-0.3, -0.25) is 9.78 Å². The van der Waals surface area contributed by atoms with E-state index in [0.717, 1.165) is 0 Å². The molecule has 1 aromatic carbocycles. The summed E-state index contributed by atoms with van der Waals surface area (Å²) in [6, 6.07) is 6.12. The monoisotopic (exact) mass is 305 g/mol. The molecule has 0 unspecified atom stereocenters. The van der Waals surface area contributed by atoms with E-state index in [-0.39, 0.29) is 22.4 Å². The Labute approximate surface area is 126 Å². The number of nitrogens with zero attached hydrogens (tertiary/aromatic N) is 2. The van der Waals surface area contributed by atoms with Crippen LogP contribution in [0.3, 0.4) is 0 Å². The van der Waals surface area contributed by atoms with Gasteiger partial charge in [0.2, 0.25) is 0 Å². The molecule has 2 N–H and O–H groups in total. The number of aromatic nitrogens is 1. The highest BCUT2D eigenvalue weighted by molar-refractivity contribution is 6.33. The summed E-state index contributed by atoms with van der Waals surface area (Å²) in [5, 5.41) is 13.6. The lowest BCUT2D eigenvalue weighted by atomic mass is 10.2. The highest BCUT2D eigenvalue weighted by Crippen LogP contribution is 2.31. The van der Waals surface area contributed by atoms with Gasteiger partial charge in [0.15, 0.2) is 11.5 Å². The number of carbonyl (C=O) groups excluding carboxylic acids is 1. The molecule has 0 aliphatic heterocycles. The molecule has 0 saturated heterocycles. The number of benzene rings is 1. The van der Waals surface area contributed by atoms with Gasteiger partial charge < -0.3 is 9.84 Å². The van der Waals surface area contributed by atoms with E-state index in [2.05, 4.69) is 15.5 Å². The summed E-state index contributed by atoms with van der Waals surface area (Å²) in [5.41, 5.74) is 3.25. The Morgan fingerprint density at radius 1 is 1.52 bits per heavy atom. The predicted octanol–water partition coefficient (Wildman–Crippen LogP) is 2.21. The van der Waals surface area contributed by atoms with E-state index in [9.17, 15) is 9.90 Å². The van der Waals surface area contributed by atoms with Crippen molar-refractivity contribution in [2.75, 3.05) is 7.11 Å². The largest absolute Gasteiger partial charge is 0.504 e. The second-order valence-electron chi connectivity index (χ2n) is 3.99. The van der Waals surface area contributed by atoms with Gasteiger partial charge in [-0.2, -0.15) is 5.10 Å². The van der Waals surface area contributed by atoms with E-state index < -0.39 is 0 Å². The number of aromatic hydroxyl groups is 1. The summed E-state index contributed by atoms with van der Waals surface area (Å²) in [6.07, 6.45) is 4.36. The Morgan fingerprint density at radius 3 is 3.00 bits per heavy atom. The van der Waals surface area contributed by atoms with Gasteiger partial charge in [0, 0.05) is 24.0 Å². The van der Waals surface area contributed by atoms with Crippen LogP contribution in [0, 0.1) is 0 Å². The number of hydrazone groups is 1. The molecule has 0 radical (unpaired) electrons. The van der Waals surface area contributed by atoms with Crippen molar-refractivity contribution in [1.82, 2.24) is 10.4 Å². The minimum atomic E-state index is -0.388. The third-order valence-electron chi connectivity index (χ3n) is 2.59. The molecule has 0 fully saturated rings. The van der Waals surface area contributed by atoms with Gasteiger partial charge in [0.05, 0.1) is 23.9 Å². The van der Waals surface area contributed by atoms with Crippen molar-refractivity contribution >= 4 is 23.7 Å². The van der Waals surface area contributed by atoms with Gasteiger partial charge in [-0.15, -0.1) is 0 Å². The Morgan fingerprint density at radius 2 is 2.33 bits per heavy atom. The molecule has 108 valence electrons. The normalized spacial score (nSPS) is 10.6. The van der Waals surface area contributed by atoms with Crippen molar-refractivity contribution < 1.29 is 14.6 Å². The van der Waals surface area contributed by atoms with E-state index in [4.69, 9.17) is 16.3 Å². The number of phenols is 1. The number of phenolic OH excluding ortho intramolecular Hbond substituents is 1. The van der Waals surface area contributed by atoms with Crippen LogP contribution in [0.15, 0.2) is 41.8 Å². The quantitative estimate of drug-likeness (QED) is 0.670. The lowest BCUT2D eigenvalue weighted by molar-refractivity contribution is 0.0955. The fraction of sp³-hybridized carbons (Fsp3) is 0.0714. The molecule has 0 aliphatic carbocycles. The summed E-state index contributed by atoms with van der Waals surface area (Å²) in [6.45, 7) is 0. The van der Waals surface area contributed by atoms with Gasteiger partial charge in [0.1, 0.15) is 0 Å². The third-order valence-corrected chi connectivity index (χ3v) is 2.92. The van der Waals surface area contributed by atoms with Crippen LogP contribution in [0.4, 0.5) is 0 Å². The van der Waals surface area contributed by atoms with E-state index in [0.29, 0.717) is 11.1 Å². The van der Waals surface area contributed by atoms with Crippen molar-refractivity contribution in [1.29, 1.82) is 0 Å². The third kappa shape index (κ3) is 3.70. The molecule has 1 amide bonds. The SMILES string of the molecule is COc1cc(/C=N/NC(=O)c2cccnc2)c(Cl)cc1O. The smallest absolute Gasteiger partial charge is 0.272 e. The summed E-state index contributed by atoms with van der Waals surface area (Å²) in [7, 11) is 1.42. The first kappa shape index (κ1) is 14.8. The highest BCUT2D eigenvalue weighted by Gasteiger charge is 2.07. The predicted molar refractivity (Wildman–Crippen MR) is 79.0 cm³/mol. The Kier molecular flexibility index (Phi) is 4.73. The number of halogens is 1. The van der Waals surface area contributed by atoms with Crippen molar-refractivity contribution in [3.05, 3.63) is 52.8 Å². The zero-order valence-electron chi connectivity index (χ0n) is 11.1. The van der Waals surface area contributed by atoms with Gasteiger partial charge in [-0.1, -0.05) is 11.6 Å². The van der Waals surface area contributed by atoms with E-state index in [1.54, 1.807) is 18.3 Å². The molecule has 0 bridgehead atoms. The highest BCUT2D eigenvalue weighted by atomic mass is 35.5. The molecule has 2 aromatic rings. The molecular formula is C14H12ClN3O3. The Hall–Kier alpha value is -2.60. The van der Waals surface area contributed by atoms with Gasteiger partial charge in [-0.05, 0) is 18.2 Å². The van der Waals surface area contributed by atoms with Gasteiger partial charge in [-0.25, -0.2) is 5.43 Å². The van der Waals surface area contributed by atoms with Crippen LogP contribution in [0.5, 0.6) is 11.5 Å². The number of nitrogens with one attached hydrogen (secondary N) is 1. The number of pyridine rings is 1. The summed E-state index contributed by atoms with van der Waals surface area (Å²) >= 11 is 5.96. The number of amides is 1. The first-order chi connectivity index (χ1) is 10.1. The van der Waals surface area contributed by atoms with Crippen LogP contribution in [-0.2, 0) is 0 Å². The van der Waals surface area contributed by atoms with Gasteiger partial charge in [0.25, 0.3) is 5.91 Å². The van der Waals surface area contributed by atoms with Crippen LogP contribution in [0.1, 0.15) is 15.9 Å². The molecule has 0 aliphatic rings. The summed E-state index contributed by atoms with van der Waals surface area (Å²) in [4.78, 5) is 15.6. The van der Waals surface area contributed by atoms with Crippen LogP contribution in [0.2, 0.25) is 5.02 Å². The standard InChI is InChI=1S/C14H12ClN3O3/c1-21-13-5-10(11(15)6-12(13)19)8-17-18-14(20)9-3-2-4-16-7-9/h2-8,19H,1H3,(H,18,20)/b17-8+. The maximum absolute atomic E-state index is 11.7. The lowest BCUT2D eigenvalue weighted by Gasteiger charge is -2.05. The zero-order chi connectivity index (χ0) is 15.2. The molecule has 21 heavy (non-hydrogen) atoms. The molecule has 0 atom stereocenters. The van der Waals surface area contributed by atoms with Gasteiger partial charge >= 0.3 is 0 Å². The van der Waals surface area contributed by atoms with Crippen LogP contribution in [-0.4, -0.2) is 29.3 Å². The number of ether oxygens (including phenoxy) is 1. The van der Waals surface area contributed by atoms with Crippen molar-refractivity contribution in [3.8, 4) is 11.5 Å². The van der Waals surface area contributed by atoms with E-state index in [1.807, 2.05) is 0 Å². The minimum Gasteiger partial charge on any atom is -0.504 e. The molecule has 7 heteroatoms. The first-order valence-electron chi connectivity index (χ1n) is 5.91. The number of hydrogen-bond donors (Lipinski definition) is 2. The average Bonchev–Trinajstić information content (AvgIpc) is 2.50. The Balaban J connectivity index is 2.10. The second-order valence-corrected chi connectivity index (χ2v) is 4.39. The number of carbonyl (C=O) groups is 1. The maximum atomic E-state index is 11.7. The molecule has 0 spiro atoms. The molecule has 6 nitrogen and oxygen atoms in total. The summed E-state index contributed by atoms with van der Waals surface area (Å²) < 4.78 is 4.97. The maximum Gasteiger partial charge on any atom is 0.272 e. The molecule has 1 heterocycles. The van der Waals surface area contributed by atoms with E-state index >= 15 is 0 Å². The van der Waals surface area contributed by atoms with Crippen LogP contribution in [0.25, 0.3) is 0 Å². The summed E-state index contributed by atoms with van der Waals surface area (Å²) in [5.74, 6) is -0.195. The average molecular weight is 306 g/mol. The minimum absolute atomic E-state index is 0.0703. The number of methoxy groups -OCH3 is 1. The van der Waals surface area contributed by atoms with E-state index in [1.165, 1.54) is 31.7 Å². The van der Waals surface area contributed by atoms with Crippen molar-refractivity contribution in [2.24, 2.45) is 5.10 Å². The van der Waals surface area contributed by atoms with Crippen LogP contribution >= 0.6 is 11.6 Å². The fourth-order valence-electron chi connectivity index (χ4n) is 1.54. The lowest BCUT2D eigenvalue weighted by Crippen LogP contribution is -2.17. The number of hydrogen-bond acceptors (Lipinski definition) is 5. The molecule has 0 saturated carbocycles. The molecule has 1 aromatic heterocycles. The second kappa shape index (κ2) is 6.71. The van der Waals surface area contributed by atoms with Crippen molar-refractivity contribution in [3.63, 3.8) is 0 Å². The molecule has 2 rings (SSSR count). The zero-order valence-corrected chi connectivity index (χ0v) is 11.8. The Bertz CT molecular complexity index is 675.